The van der Waals surface area contributed by atoms with Gasteiger partial charge in [-0.05, 0) is 127 Å². The summed E-state index contributed by atoms with van der Waals surface area (Å²) in [5.74, 6) is 0.956. The van der Waals surface area contributed by atoms with Gasteiger partial charge in [-0.1, -0.05) is 98.8 Å². The average Bonchev–Trinajstić information content (AvgIpc) is 3.58. The molecule has 9 rings (SSSR count). The lowest BCUT2D eigenvalue weighted by molar-refractivity contribution is 0.313. The second-order valence-electron chi connectivity index (χ2n) is 15.0. The van der Waals surface area contributed by atoms with Crippen molar-refractivity contribution >= 4 is 22.2 Å². The summed E-state index contributed by atoms with van der Waals surface area (Å²) >= 11 is 0. The third kappa shape index (κ3) is 4.74. The number of anilines is 1. The van der Waals surface area contributed by atoms with Crippen LogP contribution in [0.15, 0.2) is 127 Å². The normalized spacial score (nSPS) is 24.2. The van der Waals surface area contributed by atoms with E-state index in [2.05, 4.69) is 139 Å². The standard InChI is InChI=1S/C45H46N2/c1-45(2)41-29-35(46(33-15-7-4-8-16-33)34-23-21-32(22-24-34)31-13-5-3-6-14-31)25-27-37(41)38-28-26-36(30-42(38)45)47-43-19-11-9-17-39(43)40-18-10-12-20-44(40)47/h3,5-7,9,11,13-17,19,21,23-25,27-29,32,36,42H,4,8,10,12,18,20,22,26,30H2,1-2H3. The highest BCUT2D eigenvalue weighted by Crippen LogP contribution is 2.57. The largest absolute Gasteiger partial charge is 0.341 e. The van der Waals surface area contributed by atoms with E-state index >= 15 is 0 Å². The molecule has 1 aromatic heterocycles. The molecule has 0 amide bonds. The van der Waals surface area contributed by atoms with Crippen LogP contribution in [0.25, 0.3) is 16.5 Å². The first-order valence-corrected chi connectivity index (χ1v) is 18.1. The first-order valence-electron chi connectivity index (χ1n) is 18.1. The molecule has 3 aromatic carbocycles. The quantitative estimate of drug-likeness (QED) is 0.217. The third-order valence-electron chi connectivity index (χ3n) is 12.0. The monoisotopic (exact) mass is 614 g/mol. The number of allylic oxidation sites excluding steroid dienone is 8. The van der Waals surface area contributed by atoms with Crippen LogP contribution < -0.4 is 4.90 Å². The molecule has 47 heavy (non-hydrogen) atoms. The number of fused-ring (bicyclic) bond motifs is 6. The number of nitrogens with zero attached hydrogens (tertiary/aromatic N) is 2. The van der Waals surface area contributed by atoms with Gasteiger partial charge in [0.15, 0.2) is 0 Å². The van der Waals surface area contributed by atoms with E-state index in [1.807, 2.05) is 0 Å². The summed E-state index contributed by atoms with van der Waals surface area (Å²) in [5, 5.41) is 1.50. The number of aromatic nitrogens is 1. The Balaban J connectivity index is 1.06. The molecule has 5 aliphatic rings. The second kappa shape index (κ2) is 11.4. The average molecular weight is 615 g/mol. The Morgan fingerprint density at radius 3 is 2.45 bits per heavy atom. The summed E-state index contributed by atoms with van der Waals surface area (Å²) in [5.41, 5.74) is 14.6. The van der Waals surface area contributed by atoms with Crippen molar-refractivity contribution in [2.75, 3.05) is 4.90 Å². The van der Waals surface area contributed by atoms with E-state index in [-0.39, 0.29) is 5.41 Å². The highest BCUT2D eigenvalue weighted by Gasteiger charge is 2.46. The zero-order valence-electron chi connectivity index (χ0n) is 28.0. The van der Waals surface area contributed by atoms with Crippen LogP contribution in [0, 0.1) is 5.92 Å². The van der Waals surface area contributed by atoms with E-state index < -0.39 is 0 Å². The molecule has 0 saturated carbocycles. The summed E-state index contributed by atoms with van der Waals surface area (Å²) in [6, 6.07) is 28.1. The fourth-order valence-corrected chi connectivity index (χ4v) is 9.62. The molecule has 2 nitrogen and oxygen atoms in total. The molecule has 0 radical (unpaired) electrons. The maximum atomic E-state index is 2.79. The predicted molar refractivity (Wildman–Crippen MR) is 198 cm³/mol. The van der Waals surface area contributed by atoms with Crippen molar-refractivity contribution in [3.63, 3.8) is 0 Å². The smallest absolute Gasteiger partial charge is 0.0488 e. The molecular formula is C45H46N2. The third-order valence-corrected chi connectivity index (χ3v) is 12.0. The topological polar surface area (TPSA) is 8.17 Å². The van der Waals surface area contributed by atoms with Crippen LogP contribution in [-0.4, -0.2) is 4.57 Å². The van der Waals surface area contributed by atoms with Gasteiger partial charge in [0.2, 0.25) is 0 Å². The van der Waals surface area contributed by atoms with Crippen molar-refractivity contribution in [2.45, 2.75) is 89.0 Å². The van der Waals surface area contributed by atoms with E-state index in [0.717, 1.165) is 25.7 Å². The number of para-hydroxylation sites is 1. The Morgan fingerprint density at radius 1 is 0.787 bits per heavy atom. The van der Waals surface area contributed by atoms with Gasteiger partial charge >= 0.3 is 0 Å². The van der Waals surface area contributed by atoms with E-state index in [1.54, 1.807) is 16.8 Å². The highest BCUT2D eigenvalue weighted by atomic mass is 15.2. The Hall–Kier alpha value is -4.30. The second-order valence-corrected chi connectivity index (χ2v) is 15.0. The predicted octanol–water partition coefficient (Wildman–Crippen LogP) is 11.5. The van der Waals surface area contributed by atoms with Crippen molar-refractivity contribution in [1.29, 1.82) is 0 Å². The minimum Gasteiger partial charge on any atom is -0.341 e. The summed E-state index contributed by atoms with van der Waals surface area (Å²) in [7, 11) is 0. The Bertz CT molecular complexity index is 2010. The van der Waals surface area contributed by atoms with Crippen molar-refractivity contribution in [2.24, 2.45) is 5.92 Å². The molecule has 0 bridgehead atoms. The molecule has 0 aliphatic heterocycles. The van der Waals surface area contributed by atoms with Crippen LogP contribution in [0.2, 0.25) is 0 Å². The van der Waals surface area contributed by atoms with Crippen LogP contribution in [0.5, 0.6) is 0 Å². The van der Waals surface area contributed by atoms with Crippen molar-refractivity contribution < 1.29 is 0 Å². The zero-order chi connectivity index (χ0) is 31.5. The minimum absolute atomic E-state index is 0.0660. The lowest BCUT2D eigenvalue weighted by Crippen LogP contribution is -2.29. The van der Waals surface area contributed by atoms with Crippen LogP contribution in [0.3, 0.4) is 0 Å². The van der Waals surface area contributed by atoms with Crippen LogP contribution in [-0.2, 0) is 18.3 Å². The van der Waals surface area contributed by atoms with E-state index in [1.165, 1.54) is 76.8 Å². The lowest BCUT2D eigenvalue weighted by Gasteiger charge is -2.36. The molecule has 0 saturated heterocycles. The molecule has 236 valence electrons. The molecule has 2 heteroatoms. The molecule has 0 spiro atoms. The Labute approximate surface area is 280 Å². The highest BCUT2D eigenvalue weighted by molar-refractivity contribution is 5.86. The van der Waals surface area contributed by atoms with Gasteiger partial charge in [-0.15, -0.1) is 0 Å². The van der Waals surface area contributed by atoms with Crippen LogP contribution in [0.4, 0.5) is 5.69 Å². The van der Waals surface area contributed by atoms with E-state index in [4.69, 9.17) is 0 Å². The SMILES string of the molecule is CC1(C)c2cc(N(C3=CCCC=C3)C3=CCC(c4ccccc4)C=C3)ccc2C2=CCC(n3c4c(c5ccccc53)CCCC4)CC21. The Kier molecular flexibility index (Phi) is 7.03. The first-order chi connectivity index (χ1) is 23.1. The molecule has 4 aromatic rings. The molecule has 0 fully saturated rings. The van der Waals surface area contributed by atoms with Crippen molar-refractivity contribution in [1.82, 2.24) is 4.57 Å². The molecular weight excluding hydrogens is 569 g/mol. The summed E-state index contributed by atoms with van der Waals surface area (Å²) in [6.07, 6.45) is 27.6. The number of rotatable bonds is 5. The fourth-order valence-electron chi connectivity index (χ4n) is 9.62. The molecule has 3 unspecified atom stereocenters. The first kappa shape index (κ1) is 28.9. The molecule has 1 heterocycles. The lowest BCUT2D eigenvalue weighted by atomic mass is 9.72. The number of hydrogen-bond donors (Lipinski definition) is 0. The summed E-state index contributed by atoms with van der Waals surface area (Å²) in [4.78, 5) is 2.52. The minimum atomic E-state index is 0.0660. The van der Waals surface area contributed by atoms with Gasteiger partial charge in [-0.25, -0.2) is 0 Å². The van der Waals surface area contributed by atoms with Crippen LogP contribution >= 0.6 is 0 Å². The number of aryl methyl sites for hydroxylation is 1. The van der Waals surface area contributed by atoms with Gasteiger partial charge in [0, 0.05) is 45.6 Å². The van der Waals surface area contributed by atoms with Gasteiger partial charge in [0.25, 0.3) is 0 Å². The maximum absolute atomic E-state index is 2.79. The van der Waals surface area contributed by atoms with Crippen LogP contribution in [0.1, 0.15) is 98.7 Å². The zero-order valence-corrected chi connectivity index (χ0v) is 28.0. The van der Waals surface area contributed by atoms with Gasteiger partial charge in [0.05, 0.1) is 0 Å². The van der Waals surface area contributed by atoms with E-state index in [9.17, 15) is 0 Å². The van der Waals surface area contributed by atoms with Crippen molar-refractivity contribution in [3.05, 3.63) is 155 Å². The van der Waals surface area contributed by atoms with E-state index in [0.29, 0.717) is 17.9 Å². The van der Waals surface area contributed by atoms with Gasteiger partial charge < -0.3 is 9.47 Å². The maximum Gasteiger partial charge on any atom is 0.0488 e. The number of hydrogen-bond acceptors (Lipinski definition) is 1. The fraction of sp³-hybridized carbons (Fsp3) is 0.333. The summed E-state index contributed by atoms with van der Waals surface area (Å²) in [6.45, 7) is 5.03. The van der Waals surface area contributed by atoms with Gasteiger partial charge in [-0.3, -0.25) is 0 Å². The molecule has 0 N–H and O–H groups in total. The van der Waals surface area contributed by atoms with Crippen molar-refractivity contribution in [3.8, 4) is 0 Å². The summed E-state index contributed by atoms with van der Waals surface area (Å²) < 4.78 is 2.79. The Morgan fingerprint density at radius 2 is 1.62 bits per heavy atom. The van der Waals surface area contributed by atoms with Gasteiger partial charge in [0.1, 0.15) is 0 Å². The number of benzene rings is 3. The van der Waals surface area contributed by atoms with Gasteiger partial charge in [-0.2, -0.15) is 0 Å². The molecule has 5 aliphatic carbocycles. The molecule has 3 atom stereocenters.